The van der Waals surface area contributed by atoms with E-state index in [9.17, 15) is 4.79 Å². The maximum atomic E-state index is 12.2. The fraction of sp³-hybridized carbons (Fsp3) is 0.214. The Hall–Kier alpha value is -2.23. The van der Waals surface area contributed by atoms with Crippen LogP contribution in [0, 0.1) is 0 Å². The van der Waals surface area contributed by atoms with Gasteiger partial charge in [-0.2, -0.15) is 0 Å². The number of benzene rings is 1. The van der Waals surface area contributed by atoms with Gasteiger partial charge in [0.2, 0.25) is 0 Å². The maximum absolute atomic E-state index is 12.2. The number of hydrogen-bond acceptors (Lipinski definition) is 2. The molecule has 2 aromatic rings. The summed E-state index contributed by atoms with van der Waals surface area (Å²) in [6, 6.07) is 9.85. The zero-order valence-electron chi connectivity index (χ0n) is 10.8. The van der Waals surface area contributed by atoms with Crippen molar-refractivity contribution in [2.75, 3.05) is 0 Å². The van der Waals surface area contributed by atoms with Crippen LogP contribution in [0.5, 0.6) is 0 Å². The molecular weight excluding hydrogens is 226 g/mol. The summed E-state index contributed by atoms with van der Waals surface area (Å²) in [5.41, 5.74) is 2.00. The van der Waals surface area contributed by atoms with Crippen LogP contribution < -0.4 is 4.57 Å². The van der Waals surface area contributed by atoms with E-state index in [0.717, 1.165) is 11.1 Å². The van der Waals surface area contributed by atoms with E-state index in [-0.39, 0.29) is 5.78 Å². The second-order valence-electron chi connectivity index (χ2n) is 4.25. The fourth-order valence-corrected chi connectivity index (χ4v) is 1.87. The van der Waals surface area contributed by atoms with E-state index < -0.39 is 0 Å². The summed E-state index contributed by atoms with van der Waals surface area (Å²) in [6.07, 6.45) is 3.27. The zero-order chi connectivity index (χ0) is 13.1. The lowest BCUT2D eigenvalue weighted by atomic mass is 10.1. The summed E-state index contributed by atoms with van der Waals surface area (Å²) in [5, 5.41) is 4.05. The molecule has 0 aliphatic carbocycles. The van der Waals surface area contributed by atoms with Crippen molar-refractivity contribution in [2.45, 2.75) is 6.92 Å². The number of aryl methyl sites for hydroxylation is 2. The van der Waals surface area contributed by atoms with Gasteiger partial charge in [0.15, 0.2) is 0 Å². The molecular formula is C14H16N3O+. The second kappa shape index (κ2) is 4.96. The number of carbonyl (C=O) groups is 1. The van der Waals surface area contributed by atoms with Gasteiger partial charge in [-0.15, -0.1) is 4.68 Å². The van der Waals surface area contributed by atoms with Crippen LogP contribution >= 0.6 is 0 Å². The smallest absolute Gasteiger partial charge is 0.282 e. The Morgan fingerprint density at radius 2 is 2.00 bits per heavy atom. The standard InChI is InChI=1S/C14H16N3O/c1-11(12-7-5-4-6-8-12)9-13(18)14-16(2)10-15-17(14)3/h4-10H,1-3H3/q+1/b11-9+. The molecule has 0 radical (unpaired) electrons. The summed E-state index contributed by atoms with van der Waals surface area (Å²) >= 11 is 0. The van der Waals surface area contributed by atoms with Crippen molar-refractivity contribution in [2.24, 2.45) is 14.1 Å². The molecule has 18 heavy (non-hydrogen) atoms. The number of hydrogen-bond donors (Lipinski definition) is 0. The summed E-state index contributed by atoms with van der Waals surface area (Å²) < 4.78 is 3.30. The summed E-state index contributed by atoms with van der Waals surface area (Å²) in [4.78, 5) is 12.2. The third-order valence-corrected chi connectivity index (χ3v) is 2.84. The van der Waals surface area contributed by atoms with Crippen molar-refractivity contribution >= 4 is 11.4 Å². The molecule has 1 heterocycles. The van der Waals surface area contributed by atoms with Crippen molar-refractivity contribution in [1.29, 1.82) is 0 Å². The molecule has 0 atom stereocenters. The number of ketones is 1. The highest BCUT2D eigenvalue weighted by molar-refractivity contribution is 6.05. The Morgan fingerprint density at radius 3 is 2.56 bits per heavy atom. The van der Waals surface area contributed by atoms with Gasteiger partial charge in [0.25, 0.3) is 12.1 Å². The molecule has 1 aromatic carbocycles. The Bertz CT molecular complexity index is 577. The van der Waals surface area contributed by atoms with E-state index in [1.54, 1.807) is 28.7 Å². The average molecular weight is 242 g/mol. The van der Waals surface area contributed by atoms with Crippen LogP contribution in [-0.2, 0) is 14.1 Å². The number of rotatable bonds is 3. The minimum Gasteiger partial charge on any atom is -0.282 e. The molecule has 4 nitrogen and oxygen atoms in total. The van der Waals surface area contributed by atoms with E-state index in [4.69, 9.17) is 0 Å². The van der Waals surface area contributed by atoms with Gasteiger partial charge in [0, 0.05) is 5.10 Å². The third-order valence-electron chi connectivity index (χ3n) is 2.84. The number of carbonyl (C=O) groups excluding carboxylic acids is 1. The molecule has 0 amide bonds. The van der Waals surface area contributed by atoms with Gasteiger partial charge in [-0.05, 0) is 24.1 Å². The first kappa shape index (κ1) is 12.2. The second-order valence-corrected chi connectivity index (χ2v) is 4.25. The van der Waals surface area contributed by atoms with E-state index in [0.29, 0.717) is 5.82 Å². The first-order chi connectivity index (χ1) is 8.59. The van der Waals surface area contributed by atoms with Crippen molar-refractivity contribution < 1.29 is 9.36 Å². The van der Waals surface area contributed by atoms with Crippen LogP contribution in [0.4, 0.5) is 0 Å². The molecule has 2 rings (SSSR count). The number of aromatic nitrogens is 3. The lowest BCUT2D eigenvalue weighted by Gasteiger charge is -2.00. The summed E-state index contributed by atoms with van der Waals surface area (Å²) in [5.74, 6) is 0.518. The molecule has 0 spiro atoms. The minimum atomic E-state index is -0.0427. The van der Waals surface area contributed by atoms with Crippen molar-refractivity contribution in [3.63, 3.8) is 0 Å². The molecule has 92 valence electrons. The SMILES string of the molecule is C/C(=C\C(=O)c1n(C)nc[n+]1C)c1ccccc1. The first-order valence-corrected chi connectivity index (χ1v) is 5.75. The van der Waals surface area contributed by atoms with E-state index in [1.807, 2.05) is 44.3 Å². The molecule has 0 bridgehead atoms. The van der Waals surface area contributed by atoms with Gasteiger partial charge < -0.3 is 0 Å². The van der Waals surface area contributed by atoms with Gasteiger partial charge in [-0.1, -0.05) is 30.3 Å². The van der Waals surface area contributed by atoms with E-state index in [2.05, 4.69) is 5.10 Å². The lowest BCUT2D eigenvalue weighted by molar-refractivity contribution is -0.674. The number of nitrogens with zero attached hydrogens (tertiary/aromatic N) is 3. The largest absolute Gasteiger partial charge is 0.307 e. The quantitative estimate of drug-likeness (QED) is 0.465. The number of allylic oxidation sites excluding steroid dienone is 2. The molecule has 0 saturated carbocycles. The Morgan fingerprint density at radius 1 is 1.33 bits per heavy atom. The van der Waals surface area contributed by atoms with Crippen molar-refractivity contribution in [3.05, 3.63) is 54.1 Å². The highest BCUT2D eigenvalue weighted by atomic mass is 16.1. The minimum absolute atomic E-state index is 0.0427. The zero-order valence-corrected chi connectivity index (χ0v) is 10.8. The third kappa shape index (κ3) is 2.37. The first-order valence-electron chi connectivity index (χ1n) is 5.75. The highest BCUT2D eigenvalue weighted by Gasteiger charge is 2.19. The molecule has 0 saturated heterocycles. The molecule has 1 aromatic heterocycles. The van der Waals surface area contributed by atoms with Crippen molar-refractivity contribution in [1.82, 2.24) is 9.78 Å². The molecule has 0 unspecified atom stereocenters. The topological polar surface area (TPSA) is 38.8 Å². The average Bonchev–Trinajstić information content (AvgIpc) is 2.70. The van der Waals surface area contributed by atoms with Crippen LogP contribution in [0.1, 0.15) is 23.1 Å². The lowest BCUT2D eigenvalue weighted by Crippen LogP contribution is -2.34. The maximum Gasteiger partial charge on any atom is 0.307 e. The van der Waals surface area contributed by atoms with Gasteiger partial charge >= 0.3 is 5.82 Å². The molecule has 4 heteroatoms. The van der Waals surface area contributed by atoms with Crippen LogP contribution in [0.25, 0.3) is 5.57 Å². The summed E-state index contributed by atoms with van der Waals surface area (Å²) in [6.45, 7) is 1.93. The Kier molecular flexibility index (Phi) is 3.37. The molecule has 0 aliphatic heterocycles. The van der Waals surface area contributed by atoms with Gasteiger partial charge in [-0.3, -0.25) is 4.79 Å². The summed E-state index contributed by atoms with van der Waals surface area (Å²) in [7, 11) is 3.57. The van der Waals surface area contributed by atoms with E-state index in [1.165, 1.54) is 0 Å². The van der Waals surface area contributed by atoms with Crippen molar-refractivity contribution in [3.8, 4) is 0 Å². The molecule has 0 aliphatic rings. The van der Waals surface area contributed by atoms with Crippen LogP contribution in [0.3, 0.4) is 0 Å². The van der Waals surface area contributed by atoms with Gasteiger partial charge in [0.1, 0.15) is 0 Å². The van der Waals surface area contributed by atoms with E-state index >= 15 is 0 Å². The molecule has 0 N–H and O–H groups in total. The Labute approximate surface area is 106 Å². The fourth-order valence-electron chi connectivity index (χ4n) is 1.87. The normalized spacial score (nSPS) is 11.6. The van der Waals surface area contributed by atoms with Gasteiger partial charge in [-0.25, -0.2) is 4.57 Å². The predicted octanol–water partition coefficient (Wildman–Crippen LogP) is 1.53. The van der Waals surface area contributed by atoms with Gasteiger partial charge in [0.05, 0.1) is 14.1 Å². The highest BCUT2D eigenvalue weighted by Crippen LogP contribution is 2.13. The molecule has 0 fully saturated rings. The Balaban J connectivity index is 2.32. The predicted molar refractivity (Wildman–Crippen MR) is 68.8 cm³/mol. The van der Waals surface area contributed by atoms with Crippen LogP contribution in [0.15, 0.2) is 42.7 Å². The monoisotopic (exact) mass is 242 g/mol. The van der Waals surface area contributed by atoms with Crippen LogP contribution in [-0.4, -0.2) is 15.6 Å². The van der Waals surface area contributed by atoms with Crippen LogP contribution in [0.2, 0.25) is 0 Å².